The Bertz CT molecular complexity index is 195. The van der Waals surface area contributed by atoms with Gasteiger partial charge in [-0.05, 0) is 19.1 Å². The maximum Gasteiger partial charge on any atom is 0.137 e. The smallest absolute Gasteiger partial charge is 0.137 e. The van der Waals surface area contributed by atoms with Gasteiger partial charge < -0.3 is 10.8 Å². The van der Waals surface area contributed by atoms with Gasteiger partial charge in [0.15, 0.2) is 0 Å². The van der Waals surface area contributed by atoms with Gasteiger partial charge in [-0.1, -0.05) is 0 Å². The van der Waals surface area contributed by atoms with Gasteiger partial charge in [0.1, 0.15) is 6.23 Å². The molecule has 0 amide bonds. The Balaban J connectivity index is 2.85. The van der Waals surface area contributed by atoms with Gasteiger partial charge in [-0.25, -0.2) is 0 Å². The van der Waals surface area contributed by atoms with Crippen LogP contribution in [0.2, 0.25) is 0 Å². The number of nitrogens with two attached hydrogens (primary N) is 1. The molecule has 0 aliphatic heterocycles. The molecule has 1 aromatic heterocycles. The second-order valence-corrected chi connectivity index (χ2v) is 3.21. The van der Waals surface area contributed by atoms with Gasteiger partial charge in [0, 0.05) is 9.75 Å². The van der Waals surface area contributed by atoms with Gasteiger partial charge in [0.05, 0.1) is 0 Å². The van der Waals surface area contributed by atoms with Crippen LogP contribution < -0.4 is 5.73 Å². The summed E-state index contributed by atoms with van der Waals surface area (Å²) in [6.07, 6.45) is -0.802. The van der Waals surface area contributed by atoms with E-state index in [0.717, 1.165) is 4.88 Å². The molecular weight excluding hydrogens is 134 g/mol. The Morgan fingerprint density at radius 2 is 2.33 bits per heavy atom. The quantitative estimate of drug-likeness (QED) is 0.576. The Hall–Kier alpha value is -0.380. The highest BCUT2D eigenvalue weighted by Gasteiger charge is 2.01. The summed E-state index contributed by atoms with van der Waals surface area (Å²) in [7, 11) is 0. The van der Waals surface area contributed by atoms with E-state index in [1.165, 1.54) is 16.2 Å². The van der Waals surface area contributed by atoms with Crippen molar-refractivity contribution < 1.29 is 5.11 Å². The van der Waals surface area contributed by atoms with E-state index in [0.29, 0.717) is 0 Å². The minimum atomic E-state index is -0.802. The molecule has 1 aromatic rings. The highest BCUT2D eigenvalue weighted by Crippen LogP contribution is 2.18. The van der Waals surface area contributed by atoms with E-state index in [4.69, 9.17) is 10.8 Å². The molecule has 0 aliphatic carbocycles. The minimum absolute atomic E-state index is 0.802. The molecule has 0 saturated carbocycles. The van der Waals surface area contributed by atoms with Crippen LogP contribution in [-0.4, -0.2) is 5.11 Å². The molecule has 1 rings (SSSR count). The maximum atomic E-state index is 8.83. The van der Waals surface area contributed by atoms with Crippen LogP contribution in [0.25, 0.3) is 0 Å². The third-order valence-corrected chi connectivity index (χ3v) is 2.12. The molecular formula is C6H9NOS. The molecule has 0 unspecified atom stereocenters. The topological polar surface area (TPSA) is 46.2 Å². The Kier molecular flexibility index (Phi) is 1.85. The Labute approximate surface area is 57.9 Å². The third-order valence-electron chi connectivity index (χ3n) is 1.05. The first-order chi connectivity index (χ1) is 4.20. The first-order valence-electron chi connectivity index (χ1n) is 2.70. The average Bonchev–Trinajstić information content (AvgIpc) is 2.14. The number of aryl methyl sites for hydroxylation is 1. The van der Waals surface area contributed by atoms with Crippen molar-refractivity contribution in [2.45, 2.75) is 13.2 Å². The van der Waals surface area contributed by atoms with E-state index in [2.05, 4.69) is 0 Å². The molecule has 0 spiro atoms. The summed E-state index contributed by atoms with van der Waals surface area (Å²) in [6, 6.07) is 3.78. The standard InChI is InChI=1S/C6H9NOS/c1-4-2-3-5(9-4)6(7)8/h2-3,6,8H,7H2,1H3/t6-/m1/s1. The van der Waals surface area contributed by atoms with Gasteiger partial charge in [0.2, 0.25) is 0 Å². The van der Waals surface area contributed by atoms with E-state index in [1.807, 2.05) is 19.1 Å². The molecule has 3 N–H and O–H groups in total. The predicted molar refractivity (Wildman–Crippen MR) is 38.2 cm³/mol. The van der Waals surface area contributed by atoms with Gasteiger partial charge in [0.25, 0.3) is 0 Å². The molecule has 0 saturated heterocycles. The largest absolute Gasteiger partial charge is 0.374 e. The van der Waals surface area contributed by atoms with E-state index in [1.54, 1.807) is 0 Å². The van der Waals surface area contributed by atoms with Crippen molar-refractivity contribution in [2.24, 2.45) is 5.73 Å². The first kappa shape index (κ1) is 6.74. The van der Waals surface area contributed by atoms with Gasteiger partial charge in [-0.3, -0.25) is 0 Å². The second kappa shape index (κ2) is 2.47. The zero-order chi connectivity index (χ0) is 6.85. The van der Waals surface area contributed by atoms with Gasteiger partial charge in [-0.15, -0.1) is 11.3 Å². The zero-order valence-electron chi connectivity index (χ0n) is 5.16. The molecule has 0 fully saturated rings. The van der Waals surface area contributed by atoms with Crippen LogP contribution in [0.3, 0.4) is 0 Å². The summed E-state index contributed by atoms with van der Waals surface area (Å²) in [5.41, 5.74) is 5.19. The molecule has 0 bridgehead atoms. The van der Waals surface area contributed by atoms with E-state index >= 15 is 0 Å². The van der Waals surface area contributed by atoms with Crippen LogP contribution >= 0.6 is 11.3 Å². The summed E-state index contributed by atoms with van der Waals surface area (Å²) in [6.45, 7) is 1.98. The fourth-order valence-electron chi connectivity index (χ4n) is 0.612. The Morgan fingerprint density at radius 3 is 2.56 bits per heavy atom. The first-order valence-corrected chi connectivity index (χ1v) is 3.52. The van der Waals surface area contributed by atoms with E-state index in [9.17, 15) is 0 Å². The van der Waals surface area contributed by atoms with Crippen LogP contribution in [0.4, 0.5) is 0 Å². The van der Waals surface area contributed by atoms with Gasteiger partial charge >= 0.3 is 0 Å². The average molecular weight is 143 g/mol. The lowest BCUT2D eigenvalue weighted by Gasteiger charge is -1.96. The maximum absolute atomic E-state index is 8.83. The predicted octanol–water partition coefficient (Wildman–Crippen LogP) is 1.01. The third kappa shape index (κ3) is 1.51. The van der Waals surface area contributed by atoms with Crippen molar-refractivity contribution >= 4 is 11.3 Å². The van der Waals surface area contributed by atoms with Crippen molar-refractivity contribution in [2.75, 3.05) is 0 Å². The SMILES string of the molecule is Cc1ccc([C@H](N)O)s1. The van der Waals surface area contributed by atoms with Crippen molar-refractivity contribution in [1.82, 2.24) is 0 Å². The lowest BCUT2D eigenvalue weighted by Crippen LogP contribution is -2.05. The minimum Gasteiger partial charge on any atom is -0.374 e. The molecule has 1 atom stereocenters. The van der Waals surface area contributed by atoms with Crippen molar-refractivity contribution in [3.63, 3.8) is 0 Å². The van der Waals surface area contributed by atoms with Crippen LogP contribution in [-0.2, 0) is 0 Å². The number of aliphatic hydroxyl groups is 1. The molecule has 50 valence electrons. The number of thiophene rings is 1. The Morgan fingerprint density at radius 1 is 1.67 bits per heavy atom. The van der Waals surface area contributed by atoms with Crippen molar-refractivity contribution in [3.8, 4) is 0 Å². The van der Waals surface area contributed by atoms with Crippen LogP contribution in [0.1, 0.15) is 16.0 Å². The number of hydrogen-bond donors (Lipinski definition) is 2. The molecule has 3 heteroatoms. The summed E-state index contributed by atoms with van der Waals surface area (Å²) in [5.74, 6) is 0. The summed E-state index contributed by atoms with van der Waals surface area (Å²) in [5, 5.41) is 8.83. The molecule has 2 nitrogen and oxygen atoms in total. The number of aliphatic hydroxyl groups excluding tert-OH is 1. The molecule has 0 aliphatic rings. The van der Waals surface area contributed by atoms with Crippen molar-refractivity contribution in [1.29, 1.82) is 0 Å². The summed E-state index contributed by atoms with van der Waals surface area (Å²) >= 11 is 1.52. The number of hydrogen-bond acceptors (Lipinski definition) is 3. The zero-order valence-corrected chi connectivity index (χ0v) is 5.98. The lowest BCUT2D eigenvalue weighted by atomic mass is 10.4. The summed E-state index contributed by atoms with van der Waals surface area (Å²) < 4.78 is 0. The number of rotatable bonds is 1. The normalized spacial score (nSPS) is 13.7. The molecule has 9 heavy (non-hydrogen) atoms. The van der Waals surface area contributed by atoms with Crippen molar-refractivity contribution in [3.05, 3.63) is 21.9 Å². The van der Waals surface area contributed by atoms with Crippen LogP contribution in [0, 0.1) is 6.92 Å². The van der Waals surface area contributed by atoms with E-state index < -0.39 is 6.23 Å². The molecule has 1 heterocycles. The highest BCUT2D eigenvalue weighted by atomic mass is 32.1. The summed E-state index contributed by atoms with van der Waals surface area (Å²) in [4.78, 5) is 2.00. The monoisotopic (exact) mass is 143 g/mol. The molecule has 0 radical (unpaired) electrons. The molecule has 0 aromatic carbocycles. The van der Waals surface area contributed by atoms with Crippen LogP contribution in [0.5, 0.6) is 0 Å². The van der Waals surface area contributed by atoms with Crippen LogP contribution in [0.15, 0.2) is 12.1 Å². The highest BCUT2D eigenvalue weighted by molar-refractivity contribution is 7.11. The lowest BCUT2D eigenvalue weighted by molar-refractivity contribution is 0.190. The van der Waals surface area contributed by atoms with Gasteiger partial charge in [-0.2, -0.15) is 0 Å². The van der Waals surface area contributed by atoms with E-state index in [-0.39, 0.29) is 0 Å². The fourth-order valence-corrected chi connectivity index (χ4v) is 1.38. The fraction of sp³-hybridized carbons (Fsp3) is 0.333. The second-order valence-electron chi connectivity index (χ2n) is 1.89.